The van der Waals surface area contributed by atoms with Crippen LogP contribution in [0.25, 0.3) is 10.9 Å². The molecule has 1 aromatic heterocycles. The summed E-state index contributed by atoms with van der Waals surface area (Å²) in [5.41, 5.74) is 8.46. The Morgan fingerprint density at radius 3 is 2.17 bits per heavy atom. The number of hydrogen-bond acceptors (Lipinski definition) is 3. The van der Waals surface area contributed by atoms with Crippen molar-refractivity contribution in [3.63, 3.8) is 0 Å². The molecule has 35 heavy (non-hydrogen) atoms. The number of halogens is 1. The van der Waals surface area contributed by atoms with Gasteiger partial charge in [0.15, 0.2) is 0 Å². The summed E-state index contributed by atoms with van der Waals surface area (Å²) in [7, 11) is 0. The first-order valence-electron chi connectivity index (χ1n) is 11.6. The highest BCUT2D eigenvalue weighted by Gasteiger charge is 2.18. The highest BCUT2D eigenvalue weighted by molar-refractivity contribution is 6.15. The summed E-state index contributed by atoms with van der Waals surface area (Å²) >= 11 is 4.64. The Morgan fingerprint density at radius 2 is 1.51 bits per heavy atom. The Balaban J connectivity index is 0.00000103. The van der Waals surface area contributed by atoms with Crippen LogP contribution < -0.4 is 10.6 Å². The number of hydrogen-bond donors (Lipinski definition) is 3. The lowest BCUT2D eigenvalue weighted by atomic mass is 9.93. The number of aryl methyl sites for hydroxylation is 1. The number of alkyl halides is 1. The van der Waals surface area contributed by atoms with Crippen molar-refractivity contribution in [1.29, 1.82) is 5.26 Å². The van der Waals surface area contributed by atoms with Crippen molar-refractivity contribution in [3.8, 4) is 6.07 Å². The second-order valence-corrected chi connectivity index (χ2v) is 7.96. The summed E-state index contributed by atoms with van der Waals surface area (Å²) in [6.07, 6.45) is 2.42. The first-order chi connectivity index (χ1) is 17.2. The Morgan fingerprint density at radius 1 is 0.914 bits per heavy atom. The molecule has 0 saturated carbocycles. The molecule has 0 bridgehead atoms. The molecule has 0 radical (unpaired) electrons. The molecule has 0 aliphatic rings. The second kappa shape index (κ2) is 14.6. The fourth-order valence-corrected chi connectivity index (χ4v) is 4.06. The van der Waals surface area contributed by atoms with E-state index in [4.69, 9.17) is 5.26 Å². The Bertz CT molecular complexity index is 1200. The first-order valence-corrected chi connectivity index (χ1v) is 12.4. The van der Waals surface area contributed by atoms with Gasteiger partial charge in [0.05, 0.1) is 6.07 Å². The van der Waals surface area contributed by atoms with Gasteiger partial charge in [0, 0.05) is 46.8 Å². The third-order valence-corrected chi connectivity index (χ3v) is 5.82. The zero-order chi connectivity index (χ0) is 25.6. The number of anilines is 2. The molecular formula is C30H35ClN4. The number of nitriles is 1. The van der Waals surface area contributed by atoms with Gasteiger partial charge < -0.3 is 15.6 Å². The van der Waals surface area contributed by atoms with Gasteiger partial charge in [-0.3, -0.25) is 0 Å². The van der Waals surface area contributed by atoms with Crippen LogP contribution in [0.2, 0.25) is 0 Å². The van der Waals surface area contributed by atoms with E-state index >= 15 is 0 Å². The largest absolute Gasteiger partial charge is 0.385 e. The zero-order valence-corrected chi connectivity index (χ0v) is 21.6. The lowest BCUT2D eigenvalue weighted by Gasteiger charge is -2.15. The molecule has 0 aliphatic heterocycles. The number of aromatic nitrogens is 1. The van der Waals surface area contributed by atoms with Gasteiger partial charge in [-0.15, -0.1) is 24.8 Å². The van der Waals surface area contributed by atoms with Gasteiger partial charge in [0.25, 0.3) is 0 Å². The number of nitrogens with one attached hydrogen (secondary N) is 3. The molecule has 5 heteroatoms. The minimum Gasteiger partial charge on any atom is -0.385 e. The topological polar surface area (TPSA) is 63.6 Å². The zero-order valence-electron chi connectivity index (χ0n) is 20.9. The van der Waals surface area contributed by atoms with E-state index in [0.29, 0.717) is 6.54 Å². The molecule has 4 aromatic rings. The monoisotopic (exact) mass is 486 g/mol. The van der Waals surface area contributed by atoms with Crippen molar-refractivity contribution < 1.29 is 0 Å². The summed E-state index contributed by atoms with van der Waals surface area (Å²) in [5, 5.41) is 16.7. The summed E-state index contributed by atoms with van der Waals surface area (Å²) in [6.45, 7) is 11.5. The molecule has 4 nitrogen and oxygen atoms in total. The van der Waals surface area contributed by atoms with E-state index in [1.807, 2.05) is 12.1 Å². The summed E-state index contributed by atoms with van der Waals surface area (Å²) < 4.78 is 0. The van der Waals surface area contributed by atoms with Crippen LogP contribution in [0.3, 0.4) is 0 Å². The normalized spacial score (nSPS) is 10.7. The van der Waals surface area contributed by atoms with Crippen molar-refractivity contribution in [2.75, 3.05) is 30.1 Å². The Hall–Kier alpha value is -3.68. The lowest BCUT2D eigenvalue weighted by Crippen LogP contribution is -2.08. The molecule has 3 N–H and O–H groups in total. The maximum absolute atomic E-state index is 8.75. The molecule has 0 spiro atoms. The highest BCUT2D eigenvalue weighted by Crippen LogP contribution is 2.32. The van der Waals surface area contributed by atoms with Crippen LogP contribution in [0, 0.1) is 18.3 Å². The van der Waals surface area contributed by atoms with E-state index in [9.17, 15) is 0 Å². The minimum atomic E-state index is 0.242. The van der Waals surface area contributed by atoms with E-state index in [-0.39, 0.29) is 5.92 Å². The standard InChI is InChI=1S/C27H28N4.C2H4.CH3Cl/c1-19-7-11-22(12-8-19)29-17-15-25-24-5-3-4-6-26(24)31-27(25)20(2)21-9-13-23(14-10-21)30-18-16-28;2*1-2/h3-14,20,29-31H,15,17-18H2,1-2H3;1-2H2;1H3. The van der Waals surface area contributed by atoms with Gasteiger partial charge in [-0.1, -0.05) is 55.0 Å². The third-order valence-electron chi connectivity index (χ3n) is 5.82. The van der Waals surface area contributed by atoms with E-state index in [0.717, 1.165) is 24.3 Å². The maximum Gasteiger partial charge on any atom is 0.103 e. The van der Waals surface area contributed by atoms with Crippen molar-refractivity contribution in [2.24, 2.45) is 0 Å². The van der Waals surface area contributed by atoms with Gasteiger partial charge in [0.2, 0.25) is 0 Å². The molecule has 4 rings (SSSR count). The summed E-state index contributed by atoms with van der Waals surface area (Å²) in [4.78, 5) is 3.68. The van der Waals surface area contributed by atoms with Gasteiger partial charge in [-0.25, -0.2) is 0 Å². The number of fused-ring (bicyclic) bond motifs is 1. The lowest BCUT2D eigenvalue weighted by molar-refractivity contribution is 0.857. The highest BCUT2D eigenvalue weighted by atomic mass is 35.5. The number of aromatic amines is 1. The van der Waals surface area contributed by atoms with Gasteiger partial charge >= 0.3 is 0 Å². The molecule has 0 aliphatic carbocycles. The maximum atomic E-state index is 8.75. The fourth-order valence-electron chi connectivity index (χ4n) is 4.06. The van der Waals surface area contributed by atoms with E-state index < -0.39 is 0 Å². The second-order valence-electron chi connectivity index (χ2n) is 7.96. The third kappa shape index (κ3) is 7.40. The van der Waals surface area contributed by atoms with Crippen LogP contribution >= 0.6 is 11.6 Å². The van der Waals surface area contributed by atoms with Crippen LogP contribution in [-0.4, -0.2) is 24.5 Å². The number of rotatable bonds is 8. The summed E-state index contributed by atoms with van der Waals surface area (Å²) in [6, 6.07) is 27.6. The molecule has 0 saturated heterocycles. The number of nitrogens with zero attached hydrogens (tertiary/aromatic N) is 1. The molecule has 1 heterocycles. The predicted octanol–water partition coefficient (Wildman–Crippen LogP) is 7.88. The SMILES string of the molecule is C=C.CCl.Cc1ccc(NCCc2c(C(C)c3ccc(NCC#N)cc3)[nH]c3ccccc23)cc1. The molecule has 0 fully saturated rings. The average molecular weight is 487 g/mol. The van der Waals surface area contributed by atoms with Crippen molar-refractivity contribution in [3.05, 3.63) is 108 Å². The summed E-state index contributed by atoms with van der Waals surface area (Å²) in [5.74, 6) is 0.242. The van der Waals surface area contributed by atoms with Crippen LogP contribution in [0.1, 0.15) is 35.2 Å². The molecular weight excluding hydrogens is 452 g/mol. The first kappa shape index (κ1) is 27.6. The Kier molecular flexibility index (Phi) is 11.5. The van der Waals surface area contributed by atoms with Crippen molar-refractivity contribution in [2.45, 2.75) is 26.2 Å². The van der Waals surface area contributed by atoms with Crippen LogP contribution in [0.4, 0.5) is 11.4 Å². The smallest absolute Gasteiger partial charge is 0.103 e. The molecule has 1 atom stereocenters. The molecule has 182 valence electrons. The quantitative estimate of drug-likeness (QED) is 0.135. The number of para-hydroxylation sites is 1. The van der Waals surface area contributed by atoms with Crippen molar-refractivity contribution in [1.82, 2.24) is 4.98 Å². The van der Waals surface area contributed by atoms with Gasteiger partial charge in [-0.2, -0.15) is 5.26 Å². The Labute approximate surface area is 214 Å². The molecule has 3 aromatic carbocycles. The fraction of sp³-hybridized carbons (Fsp3) is 0.233. The minimum absolute atomic E-state index is 0.242. The van der Waals surface area contributed by atoms with Crippen molar-refractivity contribution >= 4 is 33.9 Å². The van der Waals surface area contributed by atoms with Crippen LogP contribution in [0.5, 0.6) is 0 Å². The van der Waals surface area contributed by atoms with E-state index in [2.05, 4.69) is 121 Å². The van der Waals surface area contributed by atoms with Crippen LogP contribution in [-0.2, 0) is 6.42 Å². The van der Waals surface area contributed by atoms with E-state index in [1.54, 1.807) is 0 Å². The molecule has 1 unspecified atom stereocenters. The molecule has 0 amide bonds. The van der Waals surface area contributed by atoms with Gasteiger partial charge in [-0.05, 0) is 54.8 Å². The average Bonchev–Trinajstić information content (AvgIpc) is 3.29. The van der Waals surface area contributed by atoms with Gasteiger partial charge in [0.1, 0.15) is 6.54 Å². The predicted molar refractivity (Wildman–Crippen MR) is 153 cm³/mol. The van der Waals surface area contributed by atoms with Crippen LogP contribution in [0.15, 0.2) is 86.0 Å². The number of benzene rings is 3. The van der Waals surface area contributed by atoms with E-state index in [1.165, 1.54) is 39.7 Å². The number of H-pyrrole nitrogens is 1.